The second-order valence-corrected chi connectivity index (χ2v) is 15.9. The van der Waals surface area contributed by atoms with E-state index in [4.69, 9.17) is 9.84 Å². The van der Waals surface area contributed by atoms with E-state index in [1.165, 1.54) is 18.2 Å². The first kappa shape index (κ1) is 46.4. The number of aromatic nitrogens is 1. The summed E-state index contributed by atoms with van der Waals surface area (Å²) in [6.07, 6.45) is 3.23. The van der Waals surface area contributed by atoms with Crippen LogP contribution in [0.15, 0.2) is 47.5 Å². The molecule has 0 unspecified atom stereocenters. The smallest absolute Gasteiger partial charge is 0.407 e. The lowest BCUT2D eigenvalue weighted by atomic mass is 10.0. The Morgan fingerprint density at radius 3 is 2.02 bits per heavy atom. The molecule has 0 saturated carbocycles. The molecule has 16 nitrogen and oxygen atoms in total. The number of aliphatic carboxylic acids is 1. The number of hydrogen-bond donors (Lipinski definition) is 7. The van der Waals surface area contributed by atoms with Gasteiger partial charge in [-0.15, -0.1) is 0 Å². The third kappa shape index (κ3) is 17.1. The zero-order valence-corrected chi connectivity index (χ0v) is 33.6. The van der Waals surface area contributed by atoms with Crippen LogP contribution in [0.2, 0.25) is 0 Å². The number of unbranched alkanes of at least 4 members (excludes halogenated alkanes) is 1. The fraction of sp³-hybridized carbons (Fsp3) is 0.541. The first-order valence-electron chi connectivity index (χ1n) is 18.2. The summed E-state index contributed by atoms with van der Waals surface area (Å²) in [4.78, 5) is 79.6. The Labute approximate surface area is 328 Å². The molecule has 2 aromatic rings. The Kier molecular flexibility index (Phi) is 19.6. The van der Waals surface area contributed by atoms with Crippen LogP contribution in [0.5, 0.6) is 0 Å². The second kappa shape index (κ2) is 23.3. The molecule has 6 N–H and O–H groups in total. The van der Waals surface area contributed by atoms with E-state index < -0.39 is 70.3 Å². The van der Waals surface area contributed by atoms with E-state index in [0.717, 1.165) is 24.8 Å². The van der Waals surface area contributed by atoms with E-state index >= 15 is 0 Å². The molecule has 18 heteroatoms. The number of hydrogen-bond acceptors (Lipinski definition) is 11. The van der Waals surface area contributed by atoms with E-state index in [9.17, 15) is 37.2 Å². The van der Waals surface area contributed by atoms with Crippen molar-refractivity contribution in [2.45, 2.75) is 103 Å². The van der Waals surface area contributed by atoms with Crippen LogP contribution < -0.4 is 26.0 Å². The van der Waals surface area contributed by atoms with Gasteiger partial charge >= 0.3 is 12.1 Å². The molecule has 1 aromatic carbocycles. The minimum absolute atomic E-state index is 0.0236. The number of carbonyl (C=O) groups excluding carboxylic acids is 5. The third-order valence-corrected chi connectivity index (χ3v) is 9.72. The highest BCUT2D eigenvalue weighted by Crippen LogP contribution is 2.13. The van der Waals surface area contributed by atoms with Crippen molar-refractivity contribution in [2.75, 3.05) is 18.9 Å². The molecule has 1 heterocycles. The number of ether oxygens (including phenoxy) is 1. The van der Waals surface area contributed by atoms with E-state index in [1.54, 1.807) is 24.4 Å². The van der Waals surface area contributed by atoms with E-state index in [0.29, 0.717) is 12.0 Å². The van der Waals surface area contributed by atoms with Crippen LogP contribution in [0.3, 0.4) is 0 Å². The van der Waals surface area contributed by atoms with Crippen LogP contribution in [0.1, 0.15) is 88.3 Å². The molecule has 0 aliphatic carbocycles. The van der Waals surface area contributed by atoms with Crippen molar-refractivity contribution in [3.05, 3.63) is 59.4 Å². The molecule has 55 heavy (non-hydrogen) atoms. The van der Waals surface area contributed by atoms with Crippen LogP contribution in [0.25, 0.3) is 0 Å². The molecule has 0 fully saturated rings. The van der Waals surface area contributed by atoms with Gasteiger partial charge in [-0.1, -0.05) is 59.2 Å². The highest BCUT2D eigenvalue weighted by molar-refractivity contribution is 7.90. The van der Waals surface area contributed by atoms with Crippen molar-refractivity contribution in [1.82, 2.24) is 31.0 Å². The van der Waals surface area contributed by atoms with Gasteiger partial charge < -0.3 is 31.1 Å². The number of aryl methyl sites for hydroxylation is 1. The molecule has 304 valence electrons. The number of amides is 5. The summed E-state index contributed by atoms with van der Waals surface area (Å²) in [5, 5.41) is 19.4. The summed E-state index contributed by atoms with van der Waals surface area (Å²) in [7, 11) is -4.19. The number of carboxylic acids is 1. The van der Waals surface area contributed by atoms with Gasteiger partial charge in [-0.2, -0.15) is 12.6 Å². The van der Waals surface area contributed by atoms with Gasteiger partial charge in [0.25, 0.3) is 15.9 Å². The Morgan fingerprint density at radius 2 is 1.45 bits per heavy atom. The highest BCUT2D eigenvalue weighted by atomic mass is 32.2. The third-order valence-electron chi connectivity index (χ3n) is 8.01. The number of benzene rings is 1. The zero-order valence-electron chi connectivity index (χ0n) is 31.9. The molecule has 0 aliphatic heterocycles. The minimum Gasteiger partial charge on any atom is -0.481 e. The molecule has 0 radical (unpaired) electrons. The standard InChI is InChI=1S/C37H54N6O10S2/c1-6-7-8-26-11-14-28(39-20-26)36(49)43-55(51,52)27-12-9-25(10-13-27)17-18-38-33(46)31(22-54)41-35(48)30(19-23(2)3)40-34(47)29(15-16-32(44)45)42-37(50)53-21-24(4)5/h9-14,20,23-24,29-31,54H,6-8,15-19,21-22H2,1-5H3,(H,38,46)(H,40,47)(H,41,48)(H,42,50)(H,43,49)(H,44,45)/t29-,30-,31-/m0/s1. The Hall–Kier alpha value is -4.71. The largest absolute Gasteiger partial charge is 0.481 e. The number of carbonyl (C=O) groups is 6. The van der Waals surface area contributed by atoms with Crippen molar-refractivity contribution in [2.24, 2.45) is 11.8 Å². The number of rotatable bonds is 23. The lowest BCUT2D eigenvalue weighted by Crippen LogP contribution is -2.57. The van der Waals surface area contributed by atoms with Gasteiger partial charge in [-0.25, -0.2) is 17.9 Å². The molecular weight excluding hydrogens is 753 g/mol. The van der Waals surface area contributed by atoms with Crippen molar-refractivity contribution in [3.8, 4) is 0 Å². The molecule has 3 atom stereocenters. The average molecular weight is 807 g/mol. The molecule has 5 amide bonds. The minimum atomic E-state index is -4.19. The number of thiol groups is 1. The van der Waals surface area contributed by atoms with Gasteiger partial charge in [0.05, 0.1) is 11.5 Å². The number of sulfonamides is 1. The lowest BCUT2D eigenvalue weighted by Gasteiger charge is -2.25. The second-order valence-electron chi connectivity index (χ2n) is 13.8. The molecular formula is C37H54N6O10S2. The molecule has 0 aliphatic rings. The monoisotopic (exact) mass is 806 g/mol. The van der Waals surface area contributed by atoms with E-state index in [1.807, 2.05) is 32.4 Å². The fourth-order valence-corrected chi connectivity index (χ4v) is 6.23. The summed E-state index contributed by atoms with van der Waals surface area (Å²) < 4.78 is 32.8. The van der Waals surface area contributed by atoms with Crippen molar-refractivity contribution >= 4 is 58.3 Å². The van der Waals surface area contributed by atoms with Crippen LogP contribution in [0, 0.1) is 11.8 Å². The number of carboxylic acid groups (broad SMARTS) is 1. The van der Waals surface area contributed by atoms with Crippen LogP contribution >= 0.6 is 12.6 Å². The molecule has 0 bridgehead atoms. The predicted molar refractivity (Wildman–Crippen MR) is 208 cm³/mol. The lowest BCUT2D eigenvalue weighted by molar-refractivity contribution is -0.137. The zero-order chi connectivity index (χ0) is 41.1. The highest BCUT2D eigenvalue weighted by Gasteiger charge is 2.30. The summed E-state index contributed by atoms with van der Waals surface area (Å²) >= 11 is 4.21. The van der Waals surface area contributed by atoms with Gasteiger partial charge in [-0.3, -0.25) is 29.0 Å². The Balaban J connectivity index is 1.98. The van der Waals surface area contributed by atoms with Crippen molar-refractivity contribution in [3.63, 3.8) is 0 Å². The molecule has 0 spiro atoms. The van der Waals surface area contributed by atoms with Gasteiger partial charge in [-0.05, 0) is 73.3 Å². The topological polar surface area (TPSA) is 239 Å². The maximum Gasteiger partial charge on any atom is 0.407 e. The van der Waals surface area contributed by atoms with Crippen LogP contribution in [0.4, 0.5) is 4.79 Å². The normalized spacial score (nSPS) is 12.9. The molecule has 1 aromatic heterocycles. The van der Waals surface area contributed by atoms with Crippen LogP contribution in [-0.4, -0.2) is 91.2 Å². The van der Waals surface area contributed by atoms with Crippen LogP contribution in [-0.2, 0) is 46.8 Å². The number of pyridine rings is 1. The van der Waals surface area contributed by atoms with Gasteiger partial charge in [0.1, 0.15) is 23.8 Å². The van der Waals surface area contributed by atoms with E-state index in [-0.39, 0.29) is 54.2 Å². The Morgan fingerprint density at radius 1 is 0.818 bits per heavy atom. The maximum atomic E-state index is 13.4. The van der Waals surface area contributed by atoms with Gasteiger partial charge in [0.15, 0.2) is 0 Å². The van der Waals surface area contributed by atoms with E-state index in [2.05, 4.69) is 45.8 Å². The fourth-order valence-electron chi connectivity index (χ4n) is 5.01. The quantitative estimate of drug-likeness (QED) is 0.0806. The van der Waals surface area contributed by atoms with Crippen molar-refractivity contribution < 1.29 is 47.0 Å². The number of alkyl carbamates (subject to hydrolysis) is 1. The Bertz CT molecular complexity index is 1700. The summed E-state index contributed by atoms with van der Waals surface area (Å²) in [5.74, 6) is -4.20. The summed E-state index contributed by atoms with van der Waals surface area (Å²) in [6.45, 7) is 9.56. The molecule has 0 saturated heterocycles. The predicted octanol–water partition coefficient (Wildman–Crippen LogP) is 2.76. The first-order valence-corrected chi connectivity index (χ1v) is 20.3. The van der Waals surface area contributed by atoms with Crippen molar-refractivity contribution in [1.29, 1.82) is 0 Å². The number of nitrogens with zero attached hydrogens (tertiary/aromatic N) is 1. The number of nitrogens with one attached hydrogen (secondary N) is 5. The maximum absolute atomic E-state index is 13.4. The SMILES string of the molecule is CCCCc1ccc(C(=O)NS(=O)(=O)c2ccc(CCNC(=O)[C@H](CS)NC(=O)[C@H](CC(C)C)NC(=O)[C@H](CCC(=O)O)NC(=O)OCC(C)C)cc2)nc1. The average Bonchev–Trinajstić information content (AvgIpc) is 3.13. The van der Waals surface area contributed by atoms with Gasteiger partial charge in [0.2, 0.25) is 17.7 Å². The van der Waals surface area contributed by atoms with Gasteiger partial charge in [0, 0.05) is 24.9 Å². The molecule has 2 rings (SSSR count). The summed E-state index contributed by atoms with van der Waals surface area (Å²) in [5.41, 5.74) is 1.61. The summed E-state index contributed by atoms with van der Waals surface area (Å²) in [6, 6.07) is 5.47. The first-order chi connectivity index (χ1) is 25.9.